The molecule has 2 rings (SSSR count). The number of hydrogen-bond donors (Lipinski definition) is 0. The molecule has 0 aliphatic heterocycles. The lowest BCUT2D eigenvalue weighted by Crippen LogP contribution is -2.39. The third-order valence-electron chi connectivity index (χ3n) is 3.67. The van der Waals surface area contributed by atoms with E-state index in [2.05, 4.69) is 4.90 Å². The second-order valence-electron chi connectivity index (χ2n) is 5.39. The van der Waals surface area contributed by atoms with Crippen LogP contribution in [0, 0.1) is 0 Å². The van der Waals surface area contributed by atoms with Crippen LogP contribution in [0.3, 0.4) is 0 Å². The fraction of sp³-hybridized carbons (Fsp3) is 0.375. The van der Waals surface area contributed by atoms with E-state index in [1.165, 1.54) is 17.7 Å². The summed E-state index contributed by atoms with van der Waals surface area (Å²) >= 11 is 0. The summed E-state index contributed by atoms with van der Waals surface area (Å²) in [6, 6.07) is 9.33. The Balaban J connectivity index is 2.13. The van der Waals surface area contributed by atoms with Crippen LogP contribution in [-0.2, 0) is 27.2 Å². The number of methoxy groups -OCH3 is 1. The molecule has 0 N–H and O–H groups in total. The molecule has 1 aromatic carbocycles. The molecule has 0 saturated carbocycles. The molecule has 0 amide bonds. The SMILES string of the molecule is COc1ccc(CN(C)Cc2cc(=O)n(C)c(=O)n2C)cc1. The van der Waals surface area contributed by atoms with Gasteiger partial charge in [-0.2, -0.15) is 0 Å². The van der Waals surface area contributed by atoms with Gasteiger partial charge >= 0.3 is 5.69 Å². The Bertz CT molecular complexity index is 760. The summed E-state index contributed by atoms with van der Waals surface area (Å²) < 4.78 is 7.74. The lowest BCUT2D eigenvalue weighted by atomic mass is 10.2. The molecule has 0 aliphatic carbocycles. The van der Waals surface area contributed by atoms with E-state index in [9.17, 15) is 9.59 Å². The Morgan fingerprint density at radius 2 is 1.68 bits per heavy atom. The van der Waals surface area contributed by atoms with Crippen molar-refractivity contribution in [2.24, 2.45) is 14.1 Å². The van der Waals surface area contributed by atoms with E-state index < -0.39 is 0 Å². The highest BCUT2D eigenvalue weighted by atomic mass is 16.5. The summed E-state index contributed by atoms with van der Waals surface area (Å²) in [6.07, 6.45) is 0. The first-order valence-corrected chi connectivity index (χ1v) is 6.99. The van der Waals surface area contributed by atoms with Gasteiger partial charge in [-0.05, 0) is 24.7 Å². The average Bonchev–Trinajstić information content (AvgIpc) is 2.51. The lowest BCUT2D eigenvalue weighted by Gasteiger charge is -2.19. The van der Waals surface area contributed by atoms with Gasteiger partial charge in [-0.15, -0.1) is 0 Å². The van der Waals surface area contributed by atoms with E-state index in [1.807, 2.05) is 31.3 Å². The second-order valence-corrected chi connectivity index (χ2v) is 5.39. The number of rotatable bonds is 5. The molecule has 6 nitrogen and oxygen atoms in total. The van der Waals surface area contributed by atoms with Crippen molar-refractivity contribution in [1.82, 2.24) is 14.0 Å². The smallest absolute Gasteiger partial charge is 0.330 e. The van der Waals surface area contributed by atoms with Gasteiger partial charge in [-0.3, -0.25) is 18.8 Å². The molecule has 22 heavy (non-hydrogen) atoms. The summed E-state index contributed by atoms with van der Waals surface area (Å²) in [4.78, 5) is 25.7. The number of benzene rings is 1. The minimum Gasteiger partial charge on any atom is -0.497 e. The molecule has 0 bridgehead atoms. The van der Waals surface area contributed by atoms with Crippen LogP contribution in [0.2, 0.25) is 0 Å². The third-order valence-corrected chi connectivity index (χ3v) is 3.67. The molecule has 0 aliphatic rings. The van der Waals surface area contributed by atoms with Crippen molar-refractivity contribution >= 4 is 0 Å². The lowest BCUT2D eigenvalue weighted by molar-refractivity contribution is 0.308. The summed E-state index contributed by atoms with van der Waals surface area (Å²) in [7, 11) is 6.75. The monoisotopic (exact) mass is 303 g/mol. The Labute approximate surface area is 129 Å². The van der Waals surface area contributed by atoms with Gasteiger partial charge in [0, 0.05) is 38.9 Å². The maximum Gasteiger partial charge on any atom is 0.330 e. The number of aromatic nitrogens is 2. The first kappa shape index (κ1) is 16.0. The van der Waals surface area contributed by atoms with E-state index in [-0.39, 0.29) is 11.2 Å². The van der Waals surface area contributed by atoms with Crippen LogP contribution in [0.1, 0.15) is 11.3 Å². The van der Waals surface area contributed by atoms with E-state index in [4.69, 9.17) is 4.74 Å². The normalized spacial score (nSPS) is 11.0. The van der Waals surface area contributed by atoms with Gasteiger partial charge in [0.2, 0.25) is 0 Å². The Morgan fingerprint density at radius 1 is 1.05 bits per heavy atom. The van der Waals surface area contributed by atoms with Gasteiger partial charge < -0.3 is 4.74 Å². The zero-order valence-electron chi connectivity index (χ0n) is 13.4. The largest absolute Gasteiger partial charge is 0.497 e. The van der Waals surface area contributed by atoms with Crippen molar-refractivity contribution in [2.45, 2.75) is 13.1 Å². The fourth-order valence-corrected chi connectivity index (χ4v) is 2.31. The minimum atomic E-state index is -0.305. The number of hydrogen-bond acceptors (Lipinski definition) is 4. The van der Waals surface area contributed by atoms with Gasteiger partial charge in [0.1, 0.15) is 5.75 Å². The van der Waals surface area contributed by atoms with E-state index in [1.54, 1.807) is 14.2 Å². The van der Waals surface area contributed by atoms with Gasteiger partial charge in [-0.1, -0.05) is 12.1 Å². The van der Waals surface area contributed by atoms with Crippen LogP contribution in [0.4, 0.5) is 0 Å². The Hall–Kier alpha value is -2.34. The number of ether oxygens (including phenoxy) is 1. The summed E-state index contributed by atoms with van der Waals surface area (Å²) in [5, 5.41) is 0. The maximum atomic E-state index is 11.9. The van der Waals surface area contributed by atoms with Crippen molar-refractivity contribution in [1.29, 1.82) is 0 Å². The van der Waals surface area contributed by atoms with E-state index >= 15 is 0 Å². The van der Waals surface area contributed by atoms with E-state index in [0.29, 0.717) is 18.8 Å². The first-order valence-electron chi connectivity index (χ1n) is 6.99. The molecular weight excluding hydrogens is 282 g/mol. The fourth-order valence-electron chi connectivity index (χ4n) is 2.31. The molecule has 1 heterocycles. The summed E-state index contributed by atoms with van der Waals surface area (Å²) in [5.74, 6) is 0.820. The van der Waals surface area contributed by atoms with Crippen molar-refractivity contribution in [3.63, 3.8) is 0 Å². The molecule has 118 valence electrons. The van der Waals surface area contributed by atoms with Gasteiger partial charge in [0.15, 0.2) is 0 Å². The standard InChI is InChI=1S/C16H21N3O3/c1-17(10-12-5-7-14(22-4)8-6-12)11-13-9-15(20)19(3)16(21)18(13)2/h5-9H,10-11H2,1-4H3. The molecule has 0 fully saturated rings. The zero-order chi connectivity index (χ0) is 16.3. The van der Waals surface area contributed by atoms with Crippen LogP contribution in [0.25, 0.3) is 0 Å². The average molecular weight is 303 g/mol. The highest BCUT2D eigenvalue weighted by molar-refractivity contribution is 5.27. The molecule has 6 heteroatoms. The van der Waals surface area contributed by atoms with Gasteiger partial charge in [-0.25, -0.2) is 4.79 Å². The van der Waals surface area contributed by atoms with Crippen LogP contribution >= 0.6 is 0 Å². The van der Waals surface area contributed by atoms with Crippen LogP contribution < -0.4 is 16.0 Å². The maximum absolute atomic E-state index is 11.9. The van der Waals surface area contributed by atoms with Crippen molar-refractivity contribution < 1.29 is 4.74 Å². The Morgan fingerprint density at radius 3 is 2.27 bits per heavy atom. The minimum absolute atomic E-state index is 0.282. The van der Waals surface area contributed by atoms with Gasteiger partial charge in [0.25, 0.3) is 5.56 Å². The van der Waals surface area contributed by atoms with Crippen molar-refractivity contribution in [3.8, 4) is 5.75 Å². The van der Waals surface area contributed by atoms with Crippen molar-refractivity contribution in [2.75, 3.05) is 14.2 Å². The van der Waals surface area contributed by atoms with Crippen LogP contribution in [0.5, 0.6) is 5.75 Å². The predicted octanol–water partition coefficient (Wildman–Crippen LogP) is 0.725. The molecule has 1 aromatic heterocycles. The molecule has 2 aromatic rings. The quantitative estimate of drug-likeness (QED) is 0.817. The third kappa shape index (κ3) is 3.46. The molecular formula is C16H21N3O3. The summed E-state index contributed by atoms with van der Waals surface area (Å²) in [6.45, 7) is 1.24. The molecule has 0 atom stereocenters. The van der Waals surface area contributed by atoms with Crippen LogP contribution in [-0.4, -0.2) is 28.2 Å². The second kappa shape index (κ2) is 6.62. The molecule has 0 unspecified atom stereocenters. The molecule has 0 saturated heterocycles. The molecule has 0 radical (unpaired) electrons. The number of nitrogens with zero attached hydrogens (tertiary/aromatic N) is 3. The van der Waals surface area contributed by atoms with Gasteiger partial charge in [0.05, 0.1) is 7.11 Å². The van der Waals surface area contributed by atoms with Crippen molar-refractivity contribution in [3.05, 3.63) is 62.4 Å². The molecule has 0 spiro atoms. The highest BCUT2D eigenvalue weighted by Crippen LogP contribution is 2.13. The van der Waals surface area contributed by atoms with Crippen LogP contribution in [0.15, 0.2) is 39.9 Å². The highest BCUT2D eigenvalue weighted by Gasteiger charge is 2.09. The topological polar surface area (TPSA) is 56.5 Å². The Kier molecular flexibility index (Phi) is 4.82. The first-order chi connectivity index (χ1) is 10.4. The summed E-state index contributed by atoms with van der Waals surface area (Å²) in [5.41, 5.74) is 1.25. The predicted molar refractivity (Wildman–Crippen MR) is 85.1 cm³/mol. The zero-order valence-corrected chi connectivity index (χ0v) is 13.4. The van der Waals surface area contributed by atoms with E-state index in [0.717, 1.165) is 15.9 Å².